The van der Waals surface area contributed by atoms with Gasteiger partial charge >= 0.3 is 0 Å². The molecule has 0 aromatic rings. The molecule has 0 saturated carbocycles. The van der Waals surface area contributed by atoms with Gasteiger partial charge in [0.2, 0.25) is 5.91 Å². The number of terminal acetylenes is 1. The molecule has 2 N–H and O–H groups in total. The van der Waals surface area contributed by atoms with E-state index >= 15 is 0 Å². The van der Waals surface area contributed by atoms with Gasteiger partial charge in [-0.15, -0.1) is 6.42 Å². The van der Waals surface area contributed by atoms with E-state index in [4.69, 9.17) is 15.3 Å². The molecule has 63 heavy (non-hydrogen) atoms. The third-order valence-corrected chi connectivity index (χ3v) is 19.8. The number of nitrogens with one attached hydrogen (secondary N) is 1. The van der Waals surface area contributed by atoms with Crippen LogP contribution in [0.25, 0.3) is 0 Å². The van der Waals surface area contributed by atoms with Crippen LogP contribution in [0.2, 0.25) is 36.3 Å². The Morgan fingerprint density at radius 1 is 0.540 bits per heavy atom. The summed E-state index contributed by atoms with van der Waals surface area (Å²) < 4.78 is 14.3. The van der Waals surface area contributed by atoms with Crippen LogP contribution >= 0.6 is 0 Å². The number of aliphatic hydroxyl groups is 1. The summed E-state index contributed by atoms with van der Waals surface area (Å²) in [5.41, 5.74) is 0. The van der Waals surface area contributed by atoms with Crippen molar-refractivity contribution in [3.05, 3.63) is 0 Å². The van der Waals surface area contributed by atoms with E-state index in [9.17, 15) is 9.90 Å². The number of unbranched alkanes of at least 4 members (excludes halogenated alkanes) is 11. The highest BCUT2D eigenvalue weighted by atomic mass is 28.4. The molecule has 0 aliphatic rings. The third-order valence-electron chi connectivity index (χ3n) is 10.8. The van der Waals surface area contributed by atoms with E-state index in [0.29, 0.717) is 0 Å². The van der Waals surface area contributed by atoms with Gasteiger partial charge in [-0.2, -0.15) is 0 Å². The monoisotopic (exact) mass is 875 g/mol. The molecular formula is C56H69NO4Si2. The molecule has 0 aromatic carbocycles. The number of carbonyl (C=O) groups excluding carboxylic acids is 1. The maximum atomic E-state index is 13.3. The van der Waals surface area contributed by atoms with E-state index in [0.717, 1.165) is 19.3 Å². The van der Waals surface area contributed by atoms with Crippen molar-refractivity contribution >= 4 is 22.5 Å². The highest BCUT2D eigenvalue weighted by molar-refractivity contribution is 6.74. The Hall–Kier alpha value is -5.50. The fourth-order valence-corrected chi connectivity index (χ4v) is 7.97. The summed E-state index contributed by atoms with van der Waals surface area (Å²) in [5.74, 6) is 57.7. The Labute approximate surface area is 387 Å². The van der Waals surface area contributed by atoms with Gasteiger partial charge in [0.15, 0.2) is 16.6 Å². The summed E-state index contributed by atoms with van der Waals surface area (Å²) >= 11 is 0. The zero-order chi connectivity index (χ0) is 47.3. The first-order valence-electron chi connectivity index (χ1n) is 22.1. The van der Waals surface area contributed by atoms with Gasteiger partial charge in [0.1, 0.15) is 0 Å². The predicted molar refractivity (Wildman–Crippen MR) is 268 cm³/mol. The maximum absolute atomic E-state index is 13.3. The topological polar surface area (TPSA) is 67.8 Å². The SMILES string of the molecule is C#CC#CC#CC#CC#CC#CC#CC#CC#CC#CC#CC#CCC(=O)N[C@@H](CO)[C@H](O[Si](C)(C)C(C)(C)C)[C@@H](CCCCCCCCCCCCCC)O[Si](C)(C)C(C)(C)C. The van der Waals surface area contributed by atoms with Crippen LogP contribution in [0.15, 0.2) is 0 Å². The molecule has 0 bridgehead atoms. The van der Waals surface area contributed by atoms with Crippen molar-refractivity contribution in [3.63, 3.8) is 0 Å². The van der Waals surface area contributed by atoms with Crippen LogP contribution in [-0.2, 0) is 13.6 Å². The van der Waals surface area contributed by atoms with Gasteiger partial charge in [0.05, 0.1) is 31.3 Å². The van der Waals surface area contributed by atoms with Crippen molar-refractivity contribution in [2.45, 2.75) is 193 Å². The Morgan fingerprint density at radius 2 is 0.873 bits per heavy atom. The average Bonchev–Trinajstić information content (AvgIpc) is 3.21. The Kier molecular flexibility index (Phi) is 31.1. The molecule has 0 aliphatic heterocycles. The van der Waals surface area contributed by atoms with E-state index in [1.165, 1.54) is 64.2 Å². The molecule has 5 nitrogen and oxygen atoms in total. The van der Waals surface area contributed by atoms with Gasteiger partial charge < -0.3 is 19.3 Å². The molecule has 0 rings (SSSR count). The van der Waals surface area contributed by atoms with Crippen molar-refractivity contribution in [3.8, 4) is 143 Å². The number of hydrogen-bond donors (Lipinski definition) is 2. The summed E-state index contributed by atoms with van der Waals surface area (Å²) in [7, 11) is -4.63. The summed E-state index contributed by atoms with van der Waals surface area (Å²) in [4.78, 5) is 13.3. The number of aliphatic hydroxyl groups excluding tert-OH is 1. The fraction of sp³-hybridized carbons (Fsp3) is 0.554. The van der Waals surface area contributed by atoms with Crippen LogP contribution < -0.4 is 5.32 Å². The molecule has 7 heteroatoms. The number of amides is 1. The molecule has 0 fully saturated rings. The minimum atomic E-state index is -2.37. The lowest BCUT2D eigenvalue weighted by atomic mass is 9.99. The number of hydrogen-bond acceptors (Lipinski definition) is 4. The lowest BCUT2D eigenvalue weighted by molar-refractivity contribution is -0.122. The van der Waals surface area contributed by atoms with Crippen LogP contribution in [0, 0.1) is 143 Å². The Morgan fingerprint density at radius 3 is 1.22 bits per heavy atom. The molecule has 0 aliphatic carbocycles. The van der Waals surface area contributed by atoms with Crippen LogP contribution in [0.1, 0.15) is 138 Å². The Bertz CT molecular complexity index is 2220. The lowest BCUT2D eigenvalue weighted by Gasteiger charge is -2.47. The first-order chi connectivity index (χ1) is 29.9. The first-order valence-corrected chi connectivity index (χ1v) is 27.9. The molecule has 0 heterocycles. The zero-order valence-corrected chi connectivity index (χ0v) is 42.1. The quantitative estimate of drug-likeness (QED) is 0.0647. The van der Waals surface area contributed by atoms with E-state index in [1.807, 2.05) is 0 Å². The van der Waals surface area contributed by atoms with Crippen LogP contribution in [-0.4, -0.2) is 52.5 Å². The van der Waals surface area contributed by atoms with Gasteiger partial charge in [-0.1, -0.05) is 131 Å². The van der Waals surface area contributed by atoms with Gasteiger partial charge in [-0.05, 0) is 137 Å². The van der Waals surface area contributed by atoms with Crippen LogP contribution in [0.4, 0.5) is 0 Å². The minimum absolute atomic E-state index is 0.0278. The van der Waals surface area contributed by atoms with E-state index in [2.05, 4.69) is 216 Å². The summed E-state index contributed by atoms with van der Waals surface area (Å²) in [5, 5.41) is 13.8. The average molecular weight is 876 g/mol. The van der Waals surface area contributed by atoms with Gasteiger partial charge in [0, 0.05) is 35.5 Å². The molecule has 3 atom stereocenters. The molecule has 0 aromatic heterocycles. The van der Waals surface area contributed by atoms with Gasteiger partial charge in [0.25, 0.3) is 0 Å². The molecule has 0 radical (unpaired) electrons. The lowest BCUT2D eigenvalue weighted by Crippen LogP contribution is -2.59. The summed E-state index contributed by atoms with van der Waals surface area (Å²) in [6.07, 6.45) is 20.1. The second-order valence-corrected chi connectivity index (χ2v) is 27.4. The van der Waals surface area contributed by atoms with Crippen LogP contribution in [0.5, 0.6) is 0 Å². The summed E-state index contributed by atoms with van der Waals surface area (Å²) in [6, 6.07) is -0.671. The zero-order valence-electron chi connectivity index (χ0n) is 40.1. The highest BCUT2D eigenvalue weighted by Crippen LogP contribution is 2.41. The van der Waals surface area contributed by atoms with E-state index in [-0.39, 0.29) is 35.1 Å². The fourth-order valence-electron chi connectivity index (χ4n) is 5.25. The highest BCUT2D eigenvalue weighted by Gasteiger charge is 2.46. The standard InChI is InChI=1S/C56H69NO4Si2/c1-13-15-17-19-21-23-25-27-28-29-30-31-32-33-34-35-36-37-39-41-43-45-47-49-53(59)57-51(50-58)54(61-63(11,12)56(6,7)8)52(60-62(9,10)55(3,4)5)48-46-44-42-40-38-26-24-22-20-18-16-14-2/h1,51-52,54,58H,14,16,18,20,22,24,26,38,40,42,44,46,48-50H2,2-12H3,(H,57,59)/t51-,52+,54-/m0/s1. The number of carbonyl (C=O) groups is 1. The first kappa shape index (κ1) is 57.5. The minimum Gasteiger partial charge on any atom is -0.411 e. The van der Waals surface area contributed by atoms with Crippen molar-refractivity contribution in [1.29, 1.82) is 0 Å². The molecule has 0 saturated heterocycles. The smallest absolute Gasteiger partial charge is 0.232 e. The number of rotatable bonds is 22. The Balaban J connectivity index is 5.72. The molecule has 0 spiro atoms. The molecule has 330 valence electrons. The van der Waals surface area contributed by atoms with Gasteiger partial charge in [-0.25, -0.2) is 0 Å². The normalized spacial score (nSPS) is 11.3. The third kappa shape index (κ3) is 29.4. The molecule has 1 amide bonds. The van der Waals surface area contributed by atoms with E-state index < -0.39 is 28.8 Å². The van der Waals surface area contributed by atoms with E-state index in [1.54, 1.807) is 0 Å². The van der Waals surface area contributed by atoms with Gasteiger partial charge in [-0.3, -0.25) is 4.79 Å². The van der Waals surface area contributed by atoms with Crippen molar-refractivity contribution < 1.29 is 18.8 Å². The maximum Gasteiger partial charge on any atom is 0.232 e. The molecular weight excluding hydrogens is 807 g/mol. The predicted octanol–water partition coefficient (Wildman–Crippen LogP) is 9.40. The largest absolute Gasteiger partial charge is 0.411 e. The second-order valence-electron chi connectivity index (χ2n) is 17.9. The van der Waals surface area contributed by atoms with Crippen molar-refractivity contribution in [2.24, 2.45) is 0 Å². The van der Waals surface area contributed by atoms with Crippen molar-refractivity contribution in [1.82, 2.24) is 5.32 Å². The second kappa shape index (κ2) is 34.0. The van der Waals surface area contributed by atoms with Crippen LogP contribution in [0.3, 0.4) is 0 Å². The van der Waals surface area contributed by atoms with Crippen molar-refractivity contribution in [2.75, 3.05) is 6.61 Å². The molecule has 0 unspecified atom stereocenters. The summed E-state index contributed by atoms with van der Waals surface area (Å²) in [6.45, 7) is 24.2.